The molecule has 0 saturated carbocycles. The van der Waals surface area contributed by atoms with Gasteiger partial charge >= 0.3 is 0 Å². The largest absolute Gasteiger partial charge is 0.309 e. The molecule has 4 aliphatic rings. The summed E-state index contributed by atoms with van der Waals surface area (Å²) in [6.45, 7) is 0. The lowest BCUT2D eigenvalue weighted by Gasteiger charge is -2.31. The molecule has 0 atom stereocenters. The summed E-state index contributed by atoms with van der Waals surface area (Å²) in [7, 11) is 0. The van der Waals surface area contributed by atoms with Crippen molar-refractivity contribution in [1.82, 2.24) is 19.1 Å². The molecule has 6 aromatic heterocycles. The second kappa shape index (κ2) is 24.4. The molecule has 29 rings (SSSR count). The molecular weight excluding hydrogens is 1550 g/mol. The van der Waals surface area contributed by atoms with Gasteiger partial charge in [-0.1, -0.05) is 291 Å². The van der Waals surface area contributed by atoms with Crippen molar-refractivity contribution < 1.29 is 0 Å². The van der Waals surface area contributed by atoms with Gasteiger partial charge in [-0.2, -0.15) is 0 Å². The van der Waals surface area contributed by atoms with E-state index in [9.17, 15) is 0 Å². The van der Waals surface area contributed by atoms with E-state index in [1.165, 1.54) is 184 Å². The minimum absolute atomic E-state index is 0.635. The van der Waals surface area contributed by atoms with Crippen LogP contribution in [-0.2, 0) is 10.8 Å². The van der Waals surface area contributed by atoms with Crippen LogP contribution in [0.3, 0.4) is 0 Å². The summed E-state index contributed by atoms with van der Waals surface area (Å²) < 4.78 is 10.0. The van der Waals surface area contributed by atoms with E-state index in [2.05, 4.69) is 397 Å². The van der Waals surface area contributed by atoms with Crippen LogP contribution >= 0.6 is 34.0 Å². The van der Waals surface area contributed by atoms with Crippen molar-refractivity contribution in [1.29, 1.82) is 0 Å². The number of hydrogen-bond donors (Lipinski definition) is 0. The van der Waals surface area contributed by atoms with Gasteiger partial charge in [0.05, 0.1) is 53.7 Å². The lowest BCUT2D eigenvalue weighted by Crippen LogP contribution is -2.26. The van der Waals surface area contributed by atoms with Crippen LogP contribution in [0.4, 0.5) is 0 Å². The fraction of sp³-hybridized carbons (Fsp3) is 0.0172. The van der Waals surface area contributed by atoms with Gasteiger partial charge in [-0.3, -0.25) is 0 Å². The van der Waals surface area contributed by atoms with Crippen LogP contribution in [0, 0.1) is 0 Å². The molecular formula is C116H64N4S3. The van der Waals surface area contributed by atoms with Gasteiger partial charge in [-0.25, -0.2) is 9.97 Å². The highest BCUT2D eigenvalue weighted by Gasteiger charge is 2.54. The lowest BCUT2D eigenvalue weighted by molar-refractivity contribution is 0.793. The first-order valence-electron chi connectivity index (χ1n) is 42.4. The predicted octanol–water partition coefficient (Wildman–Crippen LogP) is 31.4. The number of para-hydroxylation sites is 4. The van der Waals surface area contributed by atoms with Crippen LogP contribution in [0.15, 0.2) is 388 Å². The third-order valence-electron chi connectivity index (χ3n) is 28.2. The third kappa shape index (κ3) is 8.67. The molecule has 0 amide bonds. The Labute approximate surface area is 717 Å². The topological polar surface area (TPSA) is 35.6 Å². The Kier molecular flexibility index (Phi) is 13.3. The summed E-state index contributed by atoms with van der Waals surface area (Å²) in [5.41, 5.74) is 36.8. The van der Waals surface area contributed by atoms with Crippen LogP contribution in [0.25, 0.3) is 227 Å². The number of thiophene rings is 3. The van der Waals surface area contributed by atoms with Gasteiger partial charge < -0.3 is 9.13 Å². The van der Waals surface area contributed by atoms with E-state index in [0.717, 1.165) is 87.0 Å². The molecule has 0 unspecified atom stereocenters. The van der Waals surface area contributed by atoms with E-state index in [-0.39, 0.29) is 0 Å². The molecule has 7 heteroatoms. The highest BCUT2D eigenvalue weighted by Crippen LogP contribution is 2.66. The Bertz CT molecular complexity index is 8410. The summed E-state index contributed by atoms with van der Waals surface area (Å²) in [5.74, 6) is 0. The summed E-state index contributed by atoms with van der Waals surface area (Å²) in [6, 6.07) is 148. The minimum atomic E-state index is -0.635. The number of fused-ring (bicyclic) bond motifs is 39. The number of nitrogens with zero attached hydrogens (tertiary/aromatic N) is 4. The van der Waals surface area contributed by atoms with E-state index < -0.39 is 10.8 Å². The SMILES string of the molecule is c1ccc2c(c1)-c1ccccc1C21c2cc(-c3ccc4c(c3)c3cc(-c5ccc6c(c5)C5(c7ccccc7-c7ccccc75)c5cc(-n7c8ccccc8c8ccccc87)ccc5-6)ccc3c3nc5c(-c6cccc7sc8ccccc8c67)sc(-c6cccc7sc8ccccc8c67)c5nc43)ccc2-c2ccc(-n3c4ccccc4c4ccccc43)cc21. The maximum absolute atomic E-state index is 6.22. The van der Waals surface area contributed by atoms with Crippen LogP contribution in [-0.4, -0.2) is 19.1 Å². The highest BCUT2D eigenvalue weighted by molar-refractivity contribution is 7.27. The highest BCUT2D eigenvalue weighted by atomic mass is 32.1. The molecule has 4 aliphatic carbocycles. The molecule has 2 spiro atoms. The maximum Gasteiger partial charge on any atom is 0.109 e. The Hall–Kier alpha value is -15.0. The summed E-state index contributed by atoms with van der Waals surface area (Å²) in [5, 5.41) is 14.4. The van der Waals surface area contributed by atoms with Gasteiger partial charge in [0.15, 0.2) is 0 Å². The van der Waals surface area contributed by atoms with Crippen LogP contribution in [0.2, 0.25) is 0 Å². The fourth-order valence-electron chi connectivity index (χ4n) is 23.2. The molecule has 0 bridgehead atoms. The van der Waals surface area contributed by atoms with Crippen molar-refractivity contribution in [3.63, 3.8) is 0 Å². The zero-order valence-corrected chi connectivity index (χ0v) is 68.4. The molecule has 0 saturated heterocycles. The summed E-state index contributed by atoms with van der Waals surface area (Å²) in [4.78, 5) is 14.7. The van der Waals surface area contributed by atoms with E-state index >= 15 is 0 Å². The van der Waals surface area contributed by atoms with Crippen molar-refractivity contribution in [3.8, 4) is 99.0 Å². The summed E-state index contributed by atoms with van der Waals surface area (Å²) >= 11 is 5.57. The number of aromatic nitrogens is 4. The standard InChI is InChI=1S/C116H64N4S3/c1-11-35-91-71(23-1)72-24-2-12-36-92(72)115(91)95-61-67(47-53-75(95)77-57-51-69(63-97(77)115)119-99-39-15-5-27-79(99)80-28-6-16-40-100(80)119)65-49-55-83-89(59-65)90-60-66(68-48-54-76-78-58-52-70(120-101-41-17-7-29-81(101)82-30-8-18-42-102(82)120)64-98(78)116(96(76)62-68)93-37-13-3-25-73(93)74-26-4-14-38-94(74)116)50-56-84(90)110-109(83)117-111-112(118-110)114(88-34-22-46-106-108(88)86-32-10-20-44-104(86)122-106)123-113(111)87-33-21-45-105-107(87)85-31-9-19-43-103(85)121-105/h1-64H. The molecule has 0 N–H and O–H groups in total. The molecule has 4 nitrogen and oxygen atoms in total. The Morgan fingerprint density at radius 1 is 0.187 bits per heavy atom. The van der Waals surface area contributed by atoms with Crippen molar-refractivity contribution in [2.24, 2.45) is 0 Å². The first-order valence-corrected chi connectivity index (χ1v) is 44.9. The fourth-order valence-corrected chi connectivity index (χ4v) is 26.7. The average Bonchev–Trinajstić information content (AvgIpc) is 1.51. The number of benzene rings is 19. The van der Waals surface area contributed by atoms with Gasteiger partial charge in [0, 0.05) is 95.2 Å². The van der Waals surface area contributed by atoms with Gasteiger partial charge in [0.1, 0.15) is 11.0 Å². The molecule has 25 aromatic rings. The maximum atomic E-state index is 6.22. The molecule has 0 aliphatic heterocycles. The van der Waals surface area contributed by atoms with Gasteiger partial charge in [0.25, 0.3) is 0 Å². The third-order valence-corrected chi connectivity index (χ3v) is 31.7. The normalized spacial score (nSPS) is 13.7. The van der Waals surface area contributed by atoms with Gasteiger partial charge in [-0.05, 0) is 219 Å². The van der Waals surface area contributed by atoms with Gasteiger partial charge in [0.2, 0.25) is 0 Å². The van der Waals surface area contributed by atoms with Crippen molar-refractivity contribution in [2.45, 2.75) is 10.8 Å². The zero-order valence-electron chi connectivity index (χ0n) is 66.0. The lowest BCUT2D eigenvalue weighted by atomic mass is 9.70. The predicted molar refractivity (Wildman–Crippen MR) is 519 cm³/mol. The van der Waals surface area contributed by atoms with Crippen molar-refractivity contribution in [2.75, 3.05) is 0 Å². The molecule has 123 heavy (non-hydrogen) atoms. The van der Waals surface area contributed by atoms with E-state index in [1.54, 1.807) is 0 Å². The average molecular weight is 1610 g/mol. The quantitative estimate of drug-likeness (QED) is 0.156. The molecule has 6 heterocycles. The van der Waals surface area contributed by atoms with E-state index in [4.69, 9.17) is 9.97 Å². The van der Waals surface area contributed by atoms with Crippen LogP contribution in [0.1, 0.15) is 44.5 Å². The smallest absolute Gasteiger partial charge is 0.109 e. The Balaban J connectivity index is 0.682. The first-order chi connectivity index (χ1) is 61.0. The molecule has 0 fully saturated rings. The van der Waals surface area contributed by atoms with Crippen molar-refractivity contribution in [3.05, 3.63) is 433 Å². The first kappa shape index (κ1) is 66.9. The Morgan fingerprint density at radius 2 is 0.480 bits per heavy atom. The number of hydrogen-bond acceptors (Lipinski definition) is 5. The van der Waals surface area contributed by atoms with Gasteiger partial charge in [-0.15, -0.1) is 34.0 Å². The van der Waals surface area contributed by atoms with Crippen LogP contribution < -0.4 is 0 Å². The van der Waals surface area contributed by atoms with E-state index in [1.807, 2.05) is 34.0 Å². The molecule has 566 valence electrons. The summed E-state index contributed by atoms with van der Waals surface area (Å²) in [6.07, 6.45) is 0. The molecule has 0 radical (unpaired) electrons. The molecule has 19 aromatic carbocycles. The zero-order chi connectivity index (χ0) is 79.8. The minimum Gasteiger partial charge on any atom is -0.309 e. The second-order valence-electron chi connectivity index (χ2n) is 33.9. The second-order valence-corrected chi connectivity index (χ2v) is 37.0. The Morgan fingerprint density at radius 3 is 0.870 bits per heavy atom. The van der Waals surface area contributed by atoms with Crippen molar-refractivity contribution >= 4 is 162 Å². The number of rotatable bonds is 6. The van der Waals surface area contributed by atoms with E-state index in [0.29, 0.717) is 0 Å². The monoisotopic (exact) mass is 1610 g/mol. The van der Waals surface area contributed by atoms with Crippen LogP contribution in [0.5, 0.6) is 0 Å².